The standard InChI is InChI=1S/C7H10O/c1-6-4-3-5-8-7(6)2/h3-4H,5H2,1-2H3. The fraction of sp³-hybridized carbons (Fsp3) is 0.429. The lowest BCUT2D eigenvalue weighted by Crippen LogP contribution is -1.95. The normalized spacial score (nSPS) is 18.8. The quantitative estimate of drug-likeness (QED) is 0.462. The first-order valence-electron chi connectivity index (χ1n) is 2.77. The third-order valence-corrected chi connectivity index (χ3v) is 1.32. The minimum absolute atomic E-state index is 0.739. The molecule has 1 nitrogen and oxygen atoms in total. The van der Waals surface area contributed by atoms with Crippen molar-refractivity contribution in [3.8, 4) is 0 Å². The van der Waals surface area contributed by atoms with Crippen LogP contribution < -0.4 is 0 Å². The fourth-order valence-corrected chi connectivity index (χ4v) is 0.629. The summed E-state index contributed by atoms with van der Waals surface area (Å²) in [5.74, 6) is 1.05. The molecule has 0 fully saturated rings. The first-order valence-corrected chi connectivity index (χ1v) is 2.77. The van der Waals surface area contributed by atoms with E-state index in [9.17, 15) is 0 Å². The SMILES string of the molecule is CC1=C(C)OCC=C1. The van der Waals surface area contributed by atoms with Crippen molar-refractivity contribution in [3.05, 3.63) is 23.5 Å². The van der Waals surface area contributed by atoms with E-state index < -0.39 is 0 Å². The Morgan fingerprint density at radius 3 is 2.62 bits per heavy atom. The van der Waals surface area contributed by atoms with Gasteiger partial charge in [0, 0.05) is 0 Å². The van der Waals surface area contributed by atoms with Gasteiger partial charge in [0.25, 0.3) is 0 Å². The van der Waals surface area contributed by atoms with E-state index in [2.05, 4.69) is 6.08 Å². The van der Waals surface area contributed by atoms with Crippen molar-refractivity contribution >= 4 is 0 Å². The Morgan fingerprint density at radius 2 is 2.25 bits per heavy atom. The van der Waals surface area contributed by atoms with Crippen LogP contribution in [-0.4, -0.2) is 6.61 Å². The molecule has 1 aliphatic rings. The molecular weight excluding hydrogens is 100 g/mol. The third kappa shape index (κ3) is 0.915. The maximum absolute atomic E-state index is 5.18. The molecule has 0 spiro atoms. The maximum atomic E-state index is 5.18. The summed E-state index contributed by atoms with van der Waals surface area (Å²) >= 11 is 0. The number of hydrogen-bond acceptors (Lipinski definition) is 1. The average molecular weight is 110 g/mol. The van der Waals surface area contributed by atoms with Gasteiger partial charge in [0.1, 0.15) is 6.61 Å². The van der Waals surface area contributed by atoms with E-state index in [1.807, 2.05) is 19.9 Å². The van der Waals surface area contributed by atoms with Crippen LogP contribution in [0.4, 0.5) is 0 Å². The second-order valence-electron chi connectivity index (χ2n) is 1.95. The summed E-state index contributed by atoms with van der Waals surface area (Å²) in [7, 11) is 0. The highest BCUT2D eigenvalue weighted by molar-refractivity contribution is 5.21. The molecule has 0 aromatic heterocycles. The van der Waals surface area contributed by atoms with E-state index in [1.54, 1.807) is 0 Å². The Hall–Kier alpha value is -0.720. The molecule has 0 aliphatic carbocycles. The molecule has 0 saturated carbocycles. The molecule has 1 heterocycles. The second-order valence-corrected chi connectivity index (χ2v) is 1.95. The molecule has 44 valence electrons. The molecule has 1 heteroatoms. The van der Waals surface area contributed by atoms with Crippen LogP contribution in [-0.2, 0) is 4.74 Å². The van der Waals surface area contributed by atoms with Crippen LogP contribution in [0.1, 0.15) is 13.8 Å². The number of ether oxygens (including phenoxy) is 1. The molecule has 0 saturated heterocycles. The summed E-state index contributed by atoms with van der Waals surface area (Å²) in [6.07, 6.45) is 4.10. The molecule has 0 radical (unpaired) electrons. The molecule has 0 aromatic carbocycles. The molecule has 0 aromatic rings. The number of allylic oxidation sites excluding steroid dienone is 3. The third-order valence-electron chi connectivity index (χ3n) is 1.32. The van der Waals surface area contributed by atoms with Gasteiger partial charge < -0.3 is 4.74 Å². The topological polar surface area (TPSA) is 9.23 Å². The van der Waals surface area contributed by atoms with Crippen molar-refractivity contribution in [2.24, 2.45) is 0 Å². The lowest BCUT2D eigenvalue weighted by molar-refractivity contribution is 0.242. The van der Waals surface area contributed by atoms with Gasteiger partial charge in [-0.2, -0.15) is 0 Å². The minimum atomic E-state index is 0.739. The summed E-state index contributed by atoms with van der Waals surface area (Å²) in [6.45, 7) is 4.77. The van der Waals surface area contributed by atoms with Gasteiger partial charge in [-0.3, -0.25) is 0 Å². The molecule has 0 N–H and O–H groups in total. The van der Waals surface area contributed by atoms with Gasteiger partial charge in [0.05, 0.1) is 5.76 Å². The molecule has 1 aliphatic heterocycles. The van der Waals surface area contributed by atoms with Crippen LogP contribution >= 0.6 is 0 Å². The minimum Gasteiger partial charge on any atom is -0.494 e. The highest BCUT2D eigenvalue weighted by Crippen LogP contribution is 2.10. The van der Waals surface area contributed by atoms with Crippen molar-refractivity contribution < 1.29 is 4.74 Å². The molecular formula is C7H10O. The van der Waals surface area contributed by atoms with Crippen molar-refractivity contribution in [2.75, 3.05) is 6.61 Å². The van der Waals surface area contributed by atoms with Crippen molar-refractivity contribution in [1.82, 2.24) is 0 Å². The van der Waals surface area contributed by atoms with Gasteiger partial charge >= 0.3 is 0 Å². The summed E-state index contributed by atoms with van der Waals surface area (Å²) in [4.78, 5) is 0. The predicted octanol–water partition coefficient (Wildman–Crippen LogP) is 1.87. The Bertz CT molecular complexity index is 142. The molecule has 8 heavy (non-hydrogen) atoms. The molecule has 0 amide bonds. The second kappa shape index (κ2) is 2.03. The Balaban J connectivity index is 2.76. The van der Waals surface area contributed by atoms with Gasteiger partial charge in [-0.25, -0.2) is 0 Å². The summed E-state index contributed by atoms with van der Waals surface area (Å²) in [5.41, 5.74) is 1.23. The van der Waals surface area contributed by atoms with Crippen molar-refractivity contribution in [3.63, 3.8) is 0 Å². The van der Waals surface area contributed by atoms with Crippen LogP contribution in [0.5, 0.6) is 0 Å². The summed E-state index contributed by atoms with van der Waals surface area (Å²) in [5, 5.41) is 0. The number of rotatable bonds is 0. The average Bonchev–Trinajstić information content (AvgIpc) is 1.77. The Morgan fingerprint density at radius 1 is 1.50 bits per heavy atom. The zero-order valence-electron chi connectivity index (χ0n) is 5.27. The highest BCUT2D eigenvalue weighted by Gasteiger charge is 1.96. The highest BCUT2D eigenvalue weighted by atomic mass is 16.5. The van der Waals surface area contributed by atoms with Crippen molar-refractivity contribution in [1.29, 1.82) is 0 Å². The Labute approximate surface area is 49.7 Å². The largest absolute Gasteiger partial charge is 0.494 e. The van der Waals surface area contributed by atoms with E-state index in [1.165, 1.54) is 5.57 Å². The van der Waals surface area contributed by atoms with E-state index in [0.717, 1.165) is 12.4 Å². The van der Waals surface area contributed by atoms with Crippen LogP contribution in [0.3, 0.4) is 0 Å². The fourth-order valence-electron chi connectivity index (χ4n) is 0.629. The molecule has 1 rings (SSSR count). The zero-order chi connectivity index (χ0) is 5.98. The maximum Gasteiger partial charge on any atom is 0.106 e. The molecule has 0 bridgehead atoms. The van der Waals surface area contributed by atoms with Gasteiger partial charge in [0.2, 0.25) is 0 Å². The first kappa shape index (κ1) is 5.42. The van der Waals surface area contributed by atoms with E-state index in [4.69, 9.17) is 4.74 Å². The lowest BCUT2D eigenvalue weighted by atomic mass is 10.2. The van der Waals surface area contributed by atoms with Crippen LogP contribution in [0, 0.1) is 0 Å². The van der Waals surface area contributed by atoms with Gasteiger partial charge in [0.15, 0.2) is 0 Å². The Kier molecular flexibility index (Phi) is 1.38. The number of hydrogen-bond donors (Lipinski definition) is 0. The first-order chi connectivity index (χ1) is 3.80. The van der Waals surface area contributed by atoms with E-state index >= 15 is 0 Å². The molecule has 0 atom stereocenters. The lowest BCUT2D eigenvalue weighted by Gasteiger charge is -2.09. The van der Waals surface area contributed by atoms with Gasteiger partial charge in [-0.05, 0) is 25.5 Å². The van der Waals surface area contributed by atoms with Crippen molar-refractivity contribution in [2.45, 2.75) is 13.8 Å². The van der Waals surface area contributed by atoms with Crippen LogP contribution in [0.15, 0.2) is 23.5 Å². The van der Waals surface area contributed by atoms with E-state index in [0.29, 0.717) is 0 Å². The van der Waals surface area contributed by atoms with Gasteiger partial charge in [-0.15, -0.1) is 0 Å². The zero-order valence-corrected chi connectivity index (χ0v) is 5.27. The van der Waals surface area contributed by atoms with Gasteiger partial charge in [-0.1, -0.05) is 6.08 Å². The van der Waals surface area contributed by atoms with E-state index in [-0.39, 0.29) is 0 Å². The smallest absolute Gasteiger partial charge is 0.106 e. The predicted molar refractivity (Wildman–Crippen MR) is 33.5 cm³/mol. The van der Waals surface area contributed by atoms with Crippen LogP contribution in [0.2, 0.25) is 0 Å². The summed E-state index contributed by atoms with van der Waals surface area (Å²) in [6, 6.07) is 0. The molecule has 0 unspecified atom stereocenters. The van der Waals surface area contributed by atoms with Crippen LogP contribution in [0.25, 0.3) is 0 Å². The summed E-state index contributed by atoms with van der Waals surface area (Å²) < 4.78 is 5.18. The monoisotopic (exact) mass is 110 g/mol.